The SMILES string of the molecule is N#CC(C#N)=C1c2cc(C#N)c(C#N)cc2-c2cc(C#N)c(C#N)cc21. The fourth-order valence-corrected chi connectivity index (χ4v) is 2.98. The maximum atomic E-state index is 9.33. The van der Waals surface area contributed by atoms with Gasteiger partial charge in [-0.1, -0.05) is 0 Å². The first-order chi connectivity index (χ1) is 12.6. The summed E-state index contributed by atoms with van der Waals surface area (Å²) in [5.74, 6) is 0. The monoisotopic (exact) mass is 328 g/mol. The van der Waals surface area contributed by atoms with E-state index in [0.29, 0.717) is 27.8 Å². The standard InChI is InChI=1S/C20H4N6/c21-5-11-1-16-17-2-12(6-22)14(8-24)4-19(17)20(15(9-25)10-26)18(16)3-13(11)7-23/h1-4H. The molecule has 2 aromatic carbocycles. The van der Waals surface area contributed by atoms with Gasteiger partial charge < -0.3 is 0 Å². The normalized spacial score (nSPS) is 10.0. The summed E-state index contributed by atoms with van der Waals surface area (Å²) in [5.41, 5.74) is 2.63. The van der Waals surface area contributed by atoms with Gasteiger partial charge in [0.15, 0.2) is 0 Å². The Balaban J connectivity index is 2.55. The van der Waals surface area contributed by atoms with E-state index in [9.17, 15) is 31.6 Å². The van der Waals surface area contributed by atoms with E-state index in [-0.39, 0.29) is 27.8 Å². The van der Waals surface area contributed by atoms with Crippen molar-refractivity contribution < 1.29 is 0 Å². The van der Waals surface area contributed by atoms with Crippen LogP contribution in [-0.2, 0) is 0 Å². The predicted octanol–water partition coefficient (Wildman–Crippen LogP) is 3.00. The number of allylic oxidation sites excluding steroid dienone is 1. The van der Waals surface area contributed by atoms with E-state index in [2.05, 4.69) is 0 Å². The van der Waals surface area contributed by atoms with Crippen LogP contribution in [0.25, 0.3) is 16.7 Å². The summed E-state index contributed by atoms with van der Waals surface area (Å²) in [6.07, 6.45) is 0. The van der Waals surface area contributed by atoms with Crippen LogP contribution in [-0.4, -0.2) is 0 Å². The van der Waals surface area contributed by atoms with Crippen LogP contribution in [0.2, 0.25) is 0 Å². The minimum absolute atomic E-state index is 0.118. The maximum absolute atomic E-state index is 9.33. The molecule has 1 aliphatic carbocycles. The highest BCUT2D eigenvalue weighted by Crippen LogP contribution is 2.47. The summed E-state index contributed by atoms with van der Waals surface area (Å²) < 4.78 is 0. The molecule has 26 heavy (non-hydrogen) atoms. The molecule has 0 amide bonds. The molecule has 0 radical (unpaired) electrons. The second kappa shape index (κ2) is 5.96. The first kappa shape index (κ1) is 16.0. The van der Waals surface area contributed by atoms with Crippen LogP contribution < -0.4 is 0 Å². The minimum atomic E-state index is -0.174. The molecule has 0 fully saturated rings. The van der Waals surface area contributed by atoms with Crippen LogP contribution in [0, 0.1) is 68.0 Å². The molecule has 0 unspecified atom stereocenters. The molecule has 6 heteroatoms. The van der Waals surface area contributed by atoms with Gasteiger partial charge >= 0.3 is 0 Å². The first-order valence-corrected chi connectivity index (χ1v) is 7.15. The Kier molecular flexibility index (Phi) is 3.67. The summed E-state index contributed by atoms with van der Waals surface area (Å²) in [6.45, 7) is 0. The highest BCUT2D eigenvalue weighted by atomic mass is 14.4. The number of benzene rings is 2. The van der Waals surface area contributed by atoms with Gasteiger partial charge in [-0.25, -0.2) is 0 Å². The lowest BCUT2D eigenvalue weighted by Crippen LogP contribution is -1.91. The third-order valence-corrected chi connectivity index (χ3v) is 4.10. The number of rotatable bonds is 0. The van der Waals surface area contributed by atoms with E-state index in [4.69, 9.17) is 0 Å². The lowest BCUT2D eigenvalue weighted by atomic mass is 9.95. The molecule has 0 atom stereocenters. The molecule has 3 rings (SSSR count). The molecule has 114 valence electrons. The summed E-state index contributed by atoms with van der Waals surface area (Å²) in [4.78, 5) is 0. The third kappa shape index (κ3) is 2.07. The fraction of sp³-hybridized carbons (Fsp3) is 0. The molecule has 0 aromatic heterocycles. The molecule has 1 aliphatic rings. The minimum Gasteiger partial charge on any atom is -0.192 e. The van der Waals surface area contributed by atoms with Gasteiger partial charge in [-0.05, 0) is 46.5 Å². The van der Waals surface area contributed by atoms with Crippen molar-refractivity contribution in [1.29, 1.82) is 31.6 Å². The highest BCUT2D eigenvalue weighted by molar-refractivity contribution is 6.05. The van der Waals surface area contributed by atoms with Gasteiger partial charge in [0.2, 0.25) is 0 Å². The number of hydrogen-bond donors (Lipinski definition) is 0. The molecule has 0 saturated heterocycles. The number of fused-ring (bicyclic) bond motifs is 3. The Hall–Kier alpha value is -4.88. The molecule has 0 spiro atoms. The van der Waals surface area contributed by atoms with Gasteiger partial charge in [0.1, 0.15) is 42.0 Å². The summed E-state index contributed by atoms with van der Waals surface area (Å²) in [7, 11) is 0. The van der Waals surface area contributed by atoms with Gasteiger partial charge in [0.05, 0.1) is 22.3 Å². The molecular formula is C20H4N6. The van der Waals surface area contributed by atoms with Crippen LogP contribution in [0.15, 0.2) is 29.8 Å². The van der Waals surface area contributed by atoms with E-state index >= 15 is 0 Å². The molecule has 0 aliphatic heterocycles. The van der Waals surface area contributed by atoms with E-state index in [1.807, 2.05) is 36.4 Å². The van der Waals surface area contributed by atoms with Crippen molar-refractivity contribution in [1.82, 2.24) is 0 Å². The van der Waals surface area contributed by atoms with Gasteiger partial charge in [-0.15, -0.1) is 0 Å². The maximum Gasteiger partial charge on any atom is 0.138 e. The number of nitriles is 6. The zero-order valence-electron chi connectivity index (χ0n) is 13.0. The molecule has 6 nitrogen and oxygen atoms in total. The van der Waals surface area contributed by atoms with Crippen molar-refractivity contribution in [3.63, 3.8) is 0 Å². The highest BCUT2D eigenvalue weighted by Gasteiger charge is 2.29. The zero-order valence-corrected chi connectivity index (χ0v) is 13.0. The van der Waals surface area contributed by atoms with Gasteiger partial charge in [-0.3, -0.25) is 0 Å². The van der Waals surface area contributed by atoms with E-state index in [1.54, 1.807) is 0 Å². The molecule has 0 bridgehead atoms. The van der Waals surface area contributed by atoms with Gasteiger partial charge in [0, 0.05) is 5.57 Å². The Labute approximate surface area is 148 Å². The summed E-state index contributed by atoms with van der Waals surface area (Å²) in [6, 6.07) is 17.3. The lowest BCUT2D eigenvalue weighted by molar-refractivity contribution is 1.42. The van der Waals surface area contributed by atoms with E-state index in [1.165, 1.54) is 24.3 Å². The average molecular weight is 328 g/mol. The fourth-order valence-electron chi connectivity index (χ4n) is 2.98. The molecule has 0 heterocycles. The second-order valence-corrected chi connectivity index (χ2v) is 5.31. The third-order valence-electron chi connectivity index (χ3n) is 4.10. The van der Waals surface area contributed by atoms with Gasteiger partial charge in [-0.2, -0.15) is 31.6 Å². The van der Waals surface area contributed by atoms with Crippen molar-refractivity contribution in [2.45, 2.75) is 0 Å². The van der Waals surface area contributed by atoms with E-state index < -0.39 is 0 Å². The smallest absolute Gasteiger partial charge is 0.138 e. The molecule has 0 N–H and O–H groups in total. The lowest BCUT2D eigenvalue weighted by Gasteiger charge is -2.04. The van der Waals surface area contributed by atoms with Crippen LogP contribution in [0.5, 0.6) is 0 Å². The van der Waals surface area contributed by atoms with Crippen LogP contribution in [0.3, 0.4) is 0 Å². The van der Waals surface area contributed by atoms with Crippen molar-refractivity contribution in [3.8, 4) is 47.5 Å². The molecule has 0 saturated carbocycles. The molecule has 2 aromatic rings. The first-order valence-electron chi connectivity index (χ1n) is 7.15. The van der Waals surface area contributed by atoms with Crippen LogP contribution in [0.1, 0.15) is 33.4 Å². The van der Waals surface area contributed by atoms with Gasteiger partial charge in [0.25, 0.3) is 0 Å². The average Bonchev–Trinajstić information content (AvgIpc) is 2.99. The van der Waals surface area contributed by atoms with Crippen molar-refractivity contribution in [2.24, 2.45) is 0 Å². The summed E-state index contributed by atoms with van der Waals surface area (Å²) >= 11 is 0. The zero-order chi connectivity index (χ0) is 18.8. The second-order valence-electron chi connectivity index (χ2n) is 5.31. The summed E-state index contributed by atoms with van der Waals surface area (Å²) in [5, 5.41) is 55.7. The molecular weight excluding hydrogens is 324 g/mol. The number of nitrogens with zero attached hydrogens (tertiary/aromatic N) is 6. The number of hydrogen-bond acceptors (Lipinski definition) is 6. The van der Waals surface area contributed by atoms with Crippen molar-refractivity contribution in [2.75, 3.05) is 0 Å². The van der Waals surface area contributed by atoms with E-state index in [0.717, 1.165) is 0 Å². The van der Waals surface area contributed by atoms with Crippen molar-refractivity contribution >= 4 is 5.57 Å². The predicted molar refractivity (Wildman–Crippen MR) is 88.0 cm³/mol. The Bertz CT molecular complexity index is 1190. The Morgan fingerprint density at radius 2 is 0.808 bits per heavy atom. The van der Waals surface area contributed by atoms with Crippen molar-refractivity contribution in [3.05, 3.63) is 63.2 Å². The van der Waals surface area contributed by atoms with Crippen LogP contribution in [0.4, 0.5) is 0 Å². The Morgan fingerprint density at radius 3 is 1.08 bits per heavy atom. The largest absolute Gasteiger partial charge is 0.192 e. The quantitative estimate of drug-likeness (QED) is 0.580. The topological polar surface area (TPSA) is 143 Å². The Morgan fingerprint density at radius 1 is 0.500 bits per heavy atom. The van der Waals surface area contributed by atoms with Crippen LogP contribution >= 0.6 is 0 Å².